The highest BCUT2D eigenvalue weighted by atomic mass is 16.5. The van der Waals surface area contributed by atoms with Gasteiger partial charge in [-0.15, -0.1) is 0 Å². The Labute approximate surface area is 138 Å². The van der Waals surface area contributed by atoms with E-state index in [1.807, 2.05) is 27.0 Å². The van der Waals surface area contributed by atoms with Gasteiger partial charge in [0.05, 0.1) is 36.5 Å². The van der Waals surface area contributed by atoms with Gasteiger partial charge in [-0.05, 0) is 38.8 Å². The van der Waals surface area contributed by atoms with Crippen molar-refractivity contribution in [1.29, 1.82) is 0 Å². The van der Waals surface area contributed by atoms with E-state index in [0.717, 1.165) is 5.56 Å². The number of nitrogen functional groups attached to an aromatic ring is 1. The highest BCUT2D eigenvalue weighted by molar-refractivity contribution is 5.72. The number of aliphatic imine (C=N–C) groups is 1. The van der Waals surface area contributed by atoms with Gasteiger partial charge < -0.3 is 25.8 Å². The third-order valence-electron chi connectivity index (χ3n) is 3.32. The van der Waals surface area contributed by atoms with Gasteiger partial charge in [-0.3, -0.25) is 4.99 Å². The molecule has 0 fully saturated rings. The van der Waals surface area contributed by atoms with Crippen LogP contribution in [0.3, 0.4) is 0 Å². The van der Waals surface area contributed by atoms with Gasteiger partial charge in [0.2, 0.25) is 0 Å². The third-order valence-corrected chi connectivity index (χ3v) is 3.32. The molecule has 23 heavy (non-hydrogen) atoms. The molecular formula is C17H26N4O2. The lowest BCUT2D eigenvalue weighted by molar-refractivity contribution is 0.190. The number of ether oxygens (including phenoxy) is 1. The van der Waals surface area contributed by atoms with E-state index in [1.165, 1.54) is 0 Å². The highest BCUT2D eigenvalue weighted by Crippen LogP contribution is 2.26. The number of anilines is 1. The second-order valence-corrected chi connectivity index (χ2v) is 5.85. The Morgan fingerprint density at radius 1 is 1.52 bits per heavy atom. The van der Waals surface area contributed by atoms with Gasteiger partial charge in [0.15, 0.2) is 0 Å². The lowest BCUT2D eigenvalue weighted by Gasteiger charge is -2.30. The third kappa shape index (κ3) is 5.03. The van der Waals surface area contributed by atoms with Crippen molar-refractivity contribution in [3.63, 3.8) is 0 Å². The Kier molecular flexibility index (Phi) is 6.21. The molecule has 1 rings (SSSR count). The lowest BCUT2D eigenvalue weighted by atomic mass is 10.1. The zero-order valence-corrected chi connectivity index (χ0v) is 14.3. The second-order valence-electron chi connectivity index (χ2n) is 5.85. The number of hydrogen-bond acceptors (Lipinski definition) is 6. The predicted octanol–water partition coefficient (Wildman–Crippen LogP) is 2.04. The van der Waals surface area contributed by atoms with Gasteiger partial charge >= 0.3 is 0 Å². The second kappa shape index (κ2) is 7.69. The summed E-state index contributed by atoms with van der Waals surface area (Å²) in [7, 11) is 3.40. The van der Waals surface area contributed by atoms with Gasteiger partial charge in [0, 0.05) is 18.8 Å². The number of nitrogens with zero attached hydrogens (tertiary/aromatic N) is 2. The normalized spacial score (nSPS) is 11.8. The number of benzene rings is 1. The van der Waals surface area contributed by atoms with Crippen molar-refractivity contribution >= 4 is 18.1 Å². The molecule has 0 radical (unpaired) electrons. The Balaban J connectivity index is 3.00. The molecule has 0 heterocycles. The molecule has 126 valence electrons. The average molecular weight is 318 g/mol. The minimum Gasteiger partial charge on any atom is -0.495 e. The van der Waals surface area contributed by atoms with Gasteiger partial charge in [-0.1, -0.05) is 6.58 Å². The molecule has 0 saturated carbocycles. The molecule has 0 amide bonds. The van der Waals surface area contributed by atoms with Crippen LogP contribution in [0.4, 0.5) is 5.69 Å². The molecule has 0 aliphatic rings. The first kappa shape index (κ1) is 18.6. The van der Waals surface area contributed by atoms with Gasteiger partial charge in [-0.25, -0.2) is 0 Å². The minimum atomic E-state index is -0.467. The fourth-order valence-electron chi connectivity index (χ4n) is 1.88. The maximum absolute atomic E-state index is 9.32. The van der Waals surface area contributed by atoms with Crippen LogP contribution in [-0.4, -0.2) is 43.0 Å². The number of aliphatic hydroxyl groups is 1. The number of rotatable bonds is 8. The van der Waals surface area contributed by atoms with Crippen LogP contribution in [0.15, 0.2) is 41.8 Å². The van der Waals surface area contributed by atoms with Crippen LogP contribution in [0.2, 0.25) is 0 Å². The summed E-state index contributed by atoms with van der Waals surface area (Å²) in [6, 6.07) is 5.42. The van der Waals surface area contributed by atoms with E-state index in [1.54, 1.807) is 30.3 Å². The van der Waals surface area contributed by atoms with Crippen LogP contribution < -0.4 is 15.8 Å². The Morgan fingerprint density at radius 2 is 2.17 bits per heavy atom. The van der Waals surface area contributed by atoms with Crippen LogP contribution in [0, 0.1) is 0 Å². The summed E-state index contributed by atoms with van der Waals surface area (Å²) in [5, 5.41) is 12.5. The molecule has 0 atom stereocenters. The zero-order chi connectivity index (χ0) is 17.6. The van der Waals surface area contributed by atoms with Crippen molar-refractivity contribution in [2.45, 2.75) is 19.4 Å². The Morgan fingerprint density at radius 3 is 2.65 bits per heavy atom. The van der Waals surface area contributed by atoms with Crippen LogP contribution in [-0.2, 0) is 0 Å². The van der Waals surface area contributed by atoms with Crippen LogP contribution in [0.1, 0.15) is 19.4 Å². The van der Waals surface area contributed by atoms with E-state index in [4.69, 9.17) is 10.5 Å². The molecule has 0 saturated heterocycles. The van der Waals surface area contributed by atoms with Crippen molar-refractivity contribution in [3.8, 4) is 5.75 Å². The smallest absolute Gasteiger partial charge is 0.141 e. The number of nitrogens with one attached hydrogen (secondary N) is 1. The van der Waals surface area contributed by atoms with Crippen molar-refractivity contribution in [2.24, 2.45) is 4.99 Å². The fraction of sp³-hybridized carbons (Fsp3) is 0.353. The van der Waals surface area contributed by atoms with E-state index in [9.17, 15) is 5.11 Å². The maximum atomic E-state index is 9.32. The lowest BCUT2D eigenvalue weighted by Crippen LogP contribution is -2.44. The first-order chi connectivity index (χ1) is 10.7. The first-order valence-corrected chi connectivity index (χ1v) is 7.17. The van der Waals surface area contributed by atoms with Gasteiger partial charge in [-0.2, -0.15) is 0 Å². The Hall–Kier alpha value is -2.47. The Bertz CT molecular complexity index is 609. The molecule has 0 spiro atoms. The van der Waals surface area contributed by atoms with E-state index in [0.29, 0.717) is 23.0 Å². The number of hydrogen-bond donors (Lipinski definition) is 3. The monoisotopic (exact) mass is 318 g/mol. The number of methoxy groups -OCH3 is 1. The molecule has 1 aromatic rings. The standard InChI is InChI=1S/C17H26N4O2/c1-12(20-17(2,3)11-22)21(5)10-15(19-4)13-7-8-16(23-6)14(18)9-13/h7-10,20,22H,1,4,11,18H2,2-3,5-6H3/b15-10-. The average Bonchev–Trinajstić information content (AvgIpc) is 2.51. The molecule has 0 aromatic heterocycles. The van der Waals surface area contributed by atoms with Crippen LogP contribution >= 0.6 is 0 Å². The molecule has 4 N–H and O–H groups in total. The van der Waals surface area contributed by atoms with Crippen LogP contribution in [0.25, 0.3) is 5.70 Å². The predicted molar refractivity (Wildman–Crippen MR) is 96.1 cm³/mol. The fourth-order valence-corrected chi connectivity index (χ4v) is 1.88. The first-order valence-electron chi connectivity index (χ1n) is 7.17. The summed E-state index contributed by atoms with van der Waals surface area (Å²) in [6.07, 6.45) is 1.79. The molecule has 1 aromatic carbocycles. The molecule has 6 nitrogen and oxygen atoms in total. The van der Waals surface area contributed by atoms with E-state index >= 15 is 0 Å². The zero-order valence-electron chi connectivity index (χ0n) is 14.3. The van der Waals surface area contributed by atoms with E-state index < -0.39 is 5.54 Å². The molecule has 6 heteroatoms. The highest BCUT2D eigenvalue weighted by Gasteiger charge is 2.17. The maximum Gasteiger partial charge on any atom is 0.141 e. The van der Waals surface area contributed by atoms with Gasteiger partial charge in [0.1, 0.15) is 5.75 Å². The summed E-state index contributed by atoms with van der Waals surface area (Å²) in [6.45, 7) is 11.3. The van der Waals surface area contributed by atoms with E-state index in [2.05, 4.69) is 23.6 Å². The summed E-state index contributed by atoms with van der Waals surface area (Å²) in [4.78, 5) is 5.83. The molecular weight excluding hydrogens is 292 g/mol. The number of nitrogens with two attached hydrogens (primary N) is 1. The van der Waals surface area contributed by atoms with Crippen molar-refractivity contribution < 1.29 is 9.84 Å². The SMILES string of the molecule is C=N/C(=C\N(C)C(=C)NC(C)(C)CO)c1ccc(OC)c(N)c1. The number of aliphatic hydroxyl groups excluding tert-OH is 1. The van der Waals surface area contributed by atoms with Gasteiger partial charge in [0.25, 0.3) is 0 Å². The van der Waals surface area contributed by atoms with E-state index in [-0.39, 0.29) is 6.61 Å². The minimum absolute atomic E-state index is 0.00878. The molecule has 0 aliphatic heterocycles. The van der Waals surface area contributed by atoms with Crippen molar-refractivity contribution in [3.05, 3.63) is 42.4 Å². The molecule has 0 bridgehead atoms. The quantitative estimate of drug-likeness (QED) is 0.505. The largest absolute Gasteiger partial charge is 0.495 e. The summed E-state index contributed by atoms with van der Waals surface area (Å²) >= 11 is 0. The van der Waals surface area contributed by atoms with Crippen LogP contribution in [0.5, 0.6) is 5.75 Å². The van der Waals surface area contributed by atoms with Crippen molar-refractivity contribution in [2.75, 3.05) is 26.5 Å². The topological polar surface area (TPSA) is 83.1 Å². The summed E-state index contributed by atoms with van der Waals surface area (Å²) in [5.41, 5.74) is 7.46. The molecule has 0 aliphatic carbocycles. The van der Waals surface area contributed by atoms with Crippen molar-refractivity contribution in [1.82, 2.24) is 10.2 Å². The summed E-state index contributed by atoms with van der Waals surface area (Å²) < 4.78 is 5.15. The summed E-state index contributed by atoms with van der Waals surface area (Å²) in [5.74, 6) is 1.24. The molecule has 0 unspecified atom stereocenters.